The first-order chi connectivity index (χ1) is 9.76. The number of nitrogens with one attached hydrogen (secondary N) is 1. The molecule has 114 valence electrons. The van der Waals surface area contributed by atoms with E-state index in [0.717, 1.165) is 5.56 Å². The van der Waals surface area contributed by atoms with Crippen LogP contribution in [-0.4, -0.2) is 28.8 Å². The smallest absolute Gasteiger partial charge is 0.248 e. The molecule has 4 heteroatoms. The molecule has 0 aliphatic carbocycles. The van der Waals surface area contributed by atoms with Crippen molar-refractivity contribution in [1.29, 1.82) is 0 Å². The van der Waals surface area contributed by atoms with Gasteiger partial charge in [0, 0.05) is 6.54 Å². The van der Waals surface area contributed by atoms with Crippen molar-refractivity contribution in [2.45, 2.75) is 53.1 Å². The Hall–Kier alpha value is -1.84. The van der Waals surface area contributed by atoms with E-state index in [1.165, 1.54) is 16.7 Å². The third-order valence-corrected chi connectivity index (χ3v) is 4.41. The van der Waals surface area contributed by atoms with Gasteiger partial charge in [0.1, 0.15) is 5.54 Å². The Balaban J connectivity index is 2.31. The van der Waals surface area contributed by atoms with Gasteiger partial charge in [0.25, 0.3) is 0 Å². The van der Waals surface area contributed by atoms with E-state index in [2.05, 4.69) is 38.2 Å². The molecule has 1 aliphatic heterocycles. The SMILES string of the molecule is CCC1(C)NC(=O)CN(Cc2c(C)cc(C)cc2C)C1=O. The van der Waals surface area contributed by atoms with Crippen LogP contribution in [0.3, 0.4) is 0 Å². The first kappa shape index (κ1) is 15.5. The van der Waals surface area contributed by atoms with Crippen molar-refractivity contribution in [2.24, 2.45) is 0 Å². The van der Waals surface area contributed by atoms with Crippen LogP contribution in [0.15, 0.2) is 12.1 Å². The quantitative estimate of drug-likeness (QED) is 0.927. The van der Waals surface area contributed by atoms with Crippen LogP contribution in [0.2, 0.25) is 0 Å². The molecule has 1 aromatic rings. The maximum Gasteiger partial charge on any atom is 0.248 e. The summed E-state index contributed by atoms with van der Waals surface area (Å²) in [4.78, 5) is 26.2. The zero-order chi connectivity index (χ0) is 15.8. The second-order valence-corrected chi connectivity index (χ2v) is 6.27. The van der Waals surface area contributed by atoms with Gasteiger partial charge in [-0.05, 0) is 50.8 Å². The molecule has 1 saturated heterocycles. The normalized spacial score (nSPS) is 22.4. The molecule has 1 atom stereocenters. The van der Waals surface area contributed by atoms with Crippen LogP contribution < -0.4 is 5.32 Å². The Morgan fingerprint density at radius 3 is 2.29 bits per heavy atom. The Morgan fingerprint density at radius 1 is 1.19 bits per heavy atom. The first-order valence-corrected chi connectivity index (χ1v) is 7.44. The van der Waals surface area contributed by atoms with Crippen molar-refractivity contribution in [3.63, 3.8) is 0 Å². The van der Waals surface area contributed by atoms with Gasteiger partial charge in [-0.15, -0.1) is 0 Å². The van der Waals surface area contributed by atoms with Gasteiger partial charge in [-0.1, -0.05) is 24.6 Å². The molecule has 1 heterocycles. The van der Waals surface area contributed by atoms with Crippen molar-refractivity contribution in [3.05, 3.63) is 34.4 Å². The van der Waals surface area contributed by atoms with Crippen LogP contribution in [0.5, 0.6) is 0 Å². The number of aryl methyl sites for hydroxylation is 3. The number of piperazine rings is 1. The lowest BCUT2D eigenvalue weighted by atomic mass is 9.93. The number of carbonyl (C=O) groups excluding carboxylic acids is 2. The molecule has 0 aromatic heterocycles. The zero-order valence-electron chi connectivity index (χ0n) is 13.5. The Bertz CT molecular complexity index is 571. The fourth-order valence-corrected chi connectivity index (χ4v) is 3.01. The minimum Gasteiger partial charge on any atom is -0.340 e. The Kier molecular flexibility index (Phi) is 4.08. The summed E-state index contributed by atoms with van der Waals surface area (Å²) in [7, 11) is 0. The average molecular weight is 288 g/mol. The van der Waals surface area contributed by atoms with Crippen LogP contribution in [-0.2, 0) is 16.1 Å². The number of hydrogen-bond donors (Lipinski definition) is 1. The summed E-state index contributed by atoms with van der Waals surface area (Å²) in [6.45, 7) is 10.5. The van der Waals surface area contributed by atoms with Crippen LogP contribution in [0.1, 0.15) is 42.5 Å². The predicted octanol–water partition coefficient (Wildman–Crippen LogP) is 2.24. The molecule has 1 unspecified atom stereocenters. The van der Waals surface area contributed by atoms with Gasteiger partial charge in [-0.25, -0.2) is 0 Å². The number of benzene rings is 1. The second kappa shape index (κ2) is 5.51. The minimum atomic E-state index is -0.776. The number of rotatable bonds is 3. The molecule has 0 bridgehead atoms. The summed E-state index contributed by atoms with van der Waals surface area (Å²) < 4.78 is 0. The number of amides is 2. The summed E-state index contributed by atoms with van der Waals surface area (Å²) in [5, 5.41) is 2.82. The highest BCUT2D eigenvalue weighted by molar-refractivity contribution is 5.97. The predicted molar refractivity (Wildman–Crippen MR) is 82.9 cm³/mol. The van der Waals surface area contributed by atoms with Gasteiger partial charge >= 0.3 is 0 Å². The lowest BCUT2D eigenvalue weighted by molar-refractivity contribution is -0.149. The second-order valence-electron chi connectivity index (χ2n) is 6.27. The molecule has 2 amide bonds. The maximum absolute atomic E-state index is 12.6. The summed E-state index contributed by atoms with van der Waals surface area (Å²) >= 11 is 0. The molecule has 1 aromatic carbocycles. The molecule has 1 N–H and O–H groups in total. The van der Waals surface area contributed by atoms with Gasteiger partial charge in [0.05, 0.1) is 6.54 Å². The van der Waals surface area contributed by atoms with Crippen LogP contribution in [0.4, 0.5) is 0 Å². The molecule has 0 radical (unpaired) electrons. The monoisotopic (exact) mass is 288 g/mol. The van der Waals surface area contributed by atoms with Crippen molar-refractivity contribution in [1.82, 2.24) is 10.2 Å². The van der Waals surface area contributed by atoms with E-state index in [0.29, 0.717) is 13.0 Å². The number of nitrogens with zero attached hydrogens (tertiary/aromatic N) is 1. The van der Waals surface area contributed by atoms with E-state index in [4.69, 9.17) is 0 Å². The van der Waals surface area contributed by atoms with Crippen molar-refractivity contribution >= 4 is 11.8 Å². The molecular formula is C17H24N2O2. The summed E-state index contributed by atoms with van der Waals surface area (Å²) in [5.41, 5.74) is 3.92. The van der Waals surface area contributed by atoms with Gasteiger partial charge in [0.15, 0.2) is 0 Å². The molecule has 0 spiro atoms. The molecule has 21 heavy (non-hydrogen) atoms. The van der Waals surface area contributed by atoms with Crippen molar-refractivity contribution < 1.29 is 9.59 Å². The fraction of sp³-hybridized carbons (Fsp3) is 0.529. The molecule has 1 fully saturated rings. The number of carbonyl (C=O) groups is 2. The molecule has 0 saturated carbocycles. The first-order valence-electron chi connectivity index (χ1n) is 7.44. The topological polar surface area (TPSA) is 49.4 Å². The third-order valence-electron chi connectivity index (χ3n) is 4.41. The Morgan fingerprint density at radius 2 is 1.76 bits per heavy atom. The van der Waals surface area contributed by atoms with Gasteiger partial charge in [-0.2, -0.15) is 0 Å². The van der Waals surface area contributed by atoms with E-state index >= 15 is 0 Å². The van der Waals surface area contributed by atoms with Crippen LogP contribution in [0.25, 0.3) is 0 Å². The minimum absolute atomic E-state index is 0.00368. The summed E-state index contributed by atoms with van der Waals surface area (Å²) in [5.74, 6) is -0.0784. The third kappa shape index (κ3) is 2.94. The van der Waals surface area contributed by atoms with E-state index in [1.807, 2.05) is 6.92 Å². The molecule has 1 aliphatic rings. The molecule has 2 rings (SSSR count). The average Bonchev–Trinajstić information content (AvgIpc) is 2.39. The standard InChI is InChI=1S/C17H24N2O2/c1-6-17(5)16(21)19(10-15(20)18-17)9-14-12(3)7-11(2)8-13(14)4/h7-8H,6,9-10H2,1-5H3,(H,18,20). The van der Waals surface area contributed by atoms with Crippen molar-refractivity contribution in [3.8, 4) is 0 Å². The highest BCUT2D eigenvalue weighted by Crippen LogP contribution is 2.23. The molecular weight excluding hydrogens is 264 g/mol. The lowest BCUT2D eigenvalue weighted by Crippen LogP contribution is -2.64. The lowest BCUT2D eigenvalue weighted by Gasteiger charge is -2.39. The number of hydrogen-bond acceptors (Lipinski definition) is 2. The highest BCUT2D eigenvalue weighted by Gasteiger charge is 2.41. The van der Waals surface area contributed by atoms with E-state index in [1.54, 1.807) is 11.8 Å². The zero-order valence-corrected chi connectivity index (χ0v) is 13.5. The summed E-state index contributed by atoms with van der Waals surface area (Å²) in [6, 6.07) is 4.24. The van der Waals surface area contributed by atoms with Gasteiger partial charge in [-0.3, -0.25) is 9.59 Å². The van der Waals surface area contributed by atoms with E-state index in [-0.39, 0.29) is 18.4 Å². The van der Waals surface area contributed by atoms with Crippen LogP contribution in [0, 0.1) is 20.8 Å². The van der Waals surface area contributed by atoms with E-state index < -0.39 is 5.54 Å². The highest BCUT2D eigenvalue weighted by atomic mass is 16.2. The fourth-order valence-electron chi connectivity index (χ4n) is 3.01. The van der Waals surface area contributed by atoms with Crippen molar-refractivity contribution in [2.75, 3.05) is 6.54 Å². The largest absolute Gasteiger partial charge is 0.340 e. The maximum atomic E-state index is 12.6. The molecule has 4 nitrogen and oxygen atoms in total. The van der Waals surface area contributed by atoms with E-state index in [9.17, 15) is 9.59 Å². The Labute approximate surface area is 126 Å². The summed E-state index contributed by atoms with van der Waals surface area (Å²) in [6.07, 6.45) is 0.597. The van der Waals surface area contributed by atoms with Gasteiger partial charge < -0.3 is 10.2 Å². The van der Waals surface area contributed by atoms with Crippen LogP contribution >= 0.6 is 0 Å². The van der Waals surface area contributed by atoms with Gasteiger partial charge in [0.2, 0.25) is 11.8 Å².